The van der Waals surface area contributed by atoms with Crippen molar-refractivity contribution in [1.82, 2.24) is 10.2 Å². The average Bonchev–Trinajstić information content (AvgIpc) is 2.65. The van der Waals surface area contributed by atoms with E-state index >= 15 is 0 Å². The number of amides is 1. The topological polar surface area (TPSA) is 80.9 Å². The van der Waals surface area contributed by atoms with Crippen LogP contribution < -0.4 is 11.1 Å². The fourth-order valence-electron chi connectivity index (χ4n) is 0.812. The highest BCUT2D eigenvalue weighted by Crippen LogP contribution is 2.21. The molecule has 1 aromatic rings. The largest absolute Gasteiger partial charge is 0.392 e. The van der Waals surface area contributed by atoms with Gasteiger partial charge in [0.1, 0.15) is 5.01 Å². The van der Waals surface area contributed by atoms with Crippen molar-refractivity contribution in [3.63, 3.8) is 0 Å². The van der Waals surface area contributed by atoms with Gasteiger partial charge in [0.05, 0.1) is 10.4 Å². The molecule has 0 saturated heterocycles. The van der Waals surface area contributed by atoms with Crippen LogP contribution in [0.15, 0.2) is 0 Å². The Hall–Kier alpha value is -1.08. The van der Waals surface area contributed by atoms with E-state index in [9.17, 15) is 4.79 Å². The van der Waals surface area contributed by atoms with Crippen LogP contribution >= 0.6 is 23.6 Å². The number of carbonyl (C=O) groups is 1. The summed E-state index contributed by atoms with van der Waals surface area (Å²) in [5.41, 5.74) is 4.61. The first-order chi connectivity index (χ1) is 7.37. The van der Waals surface area contributed by atoms with Crippen LogP contribution in [0.4, 0.5) is 5.13 Å². The molecule has 0 aliphatic heterocycles. The predicted molar refractivity (Wildman–Crippen MR) is 68.5 cm³/mol. The van der Waals surface area contributed by atoms with Crippen molar-refractivity contribution in [2.45, 2.75) is 27.2 Å². The number of aromatic nitrogens is 2. The van der Waals surface area contributed by atoms with Gasteiger partial charge < -0.3 is 5.73 Å². The number of anilines is 1. The average molecular weight is 258 g/mol. The van der Waals surface area contributed by atoms with Crippen molar-refractivity contribution in [2.75, 3.05) is 5.32 Å². The minimum absolute atomic E-state index is 0.158. The molecule has 1 heterocycles. The summed E-state index contributed by atoms with van der Waals surface area (Å²) >= 11 is 6.19. The third-order valence-electron chi connectivity index (χ3n) is 2.17. The third-order valence-corrected chi connectivity index (χ3v) is 3.67. The second-order valence-corrected chi connectivity index (χ2v) is 5.30. The lowest BCUT2D eigenvalue weighted by Crippen LogP contribution is -2.41. The molecule has 1 amide bonds. The summed E-state index contributed by atoms with van der Waals surface area (Å²) in [6.45, 7) is 5.32. The fourth-order valence-corrected chi connectivity index (χ4v) is 1.58. The second kappa shape index (κ2) is 4.84. The van der Waals surface area contributed by atoms with Crippen LogP contribution in [-0.4, -0.2) is 21.1 Å². The molecule has 88 valence electrons. The van der Waals surface area contributed by atoms with E-state index in [0.717, 1.165) is 11.4 Å². The first kappa shape index (κ1) is 13.0. The highest BCUT2D eigenvalue weighted by molar-refractivity contribution is 7.80. The first-order valence-corrected chi connectivity index (χ1v) is 6.04. The van der Waals surface area contributed by atoms with Gasteiger partial charge in [-0.3, -0.25) is 10.1 Å². The molecule has 0 unspecified atom stereocenters. The lowest BCUT2D eigenvalue weighted by molar-refractivity contribution is -0.121. The summed E-state index contributed by atoms with van der Waals surface area (Å²) in [4.78, 5) is 12.0. The summed E-state index contributed by atoms with van der Waals surface area (Å²) in [7, 11) is 0. The summed E-state index contributed by atoms with van der Waals surface area (Å²) in [5.74, 6) is -0.265. The van der Waals surface area contributed by atoms with Gasteiger partial charge in [0.25, 0.3) is 0 Å². The Bertz CT molecular complexity index is 413. The van der Waals surface area contributed by atoms with Crippen LogP contribution in [0.5, 0.6) is 0 Å². The number of nitrogens with two attached hydrogens (primary N) is 1. The van der Waals surface area contributed by atoms with E-state index in [4.69, 9.17) is 18.0 Å². The number of carbonyl (C=O) groups excluding carboxylic acids is 1. The molecule has 0 aromatic carbocycles. The monoisotopic (exact) mass is 258 g/mol. The molecule has 16 heavy (non-hydrogen) atoms. The molecule has 0 bridgehead atoms. The van der Waals surface area contributed by atoms with Crippen LogP contribution in [0.25, 0.3) is 0 Å². The van der Waals surface area contributed by atoms with E-state index in [0.29, 0.717) is 5.13 Å². The number of nitrogens with one attached hydrogen (secondary N) is 1. The summed E-state index contributed by atoms with van der Waals surface area (Å²) in [6, 6.07) is 0. The Balaban J connectivity index is 2.75. The van der Waals surface area contributed by atoms with E-state index in [1.54, 1.807) is 13.8 Å². The number of aryl methyl sites for hydroxylation is 1. The number of rotatable bonds is 4. The molecule has 1 aromatic heterocycles. The van der Waals surface area contributed by atoms with E-state index in [1.165, 1.54) is 11.3 Å². The molecule has 0 aliphatic rings. The molecule has 1 rings (SSSR count). The van der Waals surface area contributed by atoms with Gasteiger partial charge in [0, 0.05) is 0 Å². The van der Waals surface area contributed by atoms with Crippen molar-refractivity contribution in [2.24, 2.45) is 11.1 Å². The van der Waals surface area contributed by atoms with Crippen molar-refractivity contribution < 1.29 is 4.79 Å². The number of nitrogens with zero attached hydrogens (tertiary/aromatic N) is 2. The van der Waals surface area contributed by atoms with Gasteiger partial charge in [-0.25, -0.2) is 0 Å². The Morgan fingerprint density at radius 2 is 2.19 bits per heavy atom. The highest BCUT2D eigenvalue weighted by atomic mass is 32.1. The van der Waals surface area contributed by atoms with E-state index in [1.807, 2.05) is 6.92 Å². The molecule has 0 radical (unpaired) electrons. The quantitative estimate of drug-likeness (QED) is 0.797. The van der Waals surface area contributed by atoms with E-state index < -0.39 is 5.41 Å². The molecule has 0 fully saturated rings. The summed E-state index contributed by atoms with van der Waals surface area (Å²) in [6.07, 6.45) is 0.798. The molecular formula is C9H14N4OS2. The molecule has 0 spiro atoms. The molecule has 0 saturated carbocycles. The Labute approximate surface area is 103 Å². The van der Waals surface area contributed by atoms with Gasteiger partial charge in [-0.15, -0.1) is 10.2 Å². The lowest BCUT2D eigenvalue weighted by Gasteiger charge is -2.20. The molecule has 5 nitrogen and oxygen atoms in total. The zero-order valence-corrected chi connectivity index (χ0v) is 11.0. The lowest BCUT2D eigenvalue weighted by atomic mass is 9.92. The zero-order valence-electron chi connectivity index (χ0n) is 9.40. The predicted octanol–water partition coefficient (Wildman–Crippen LogP) is 1.35. The van der Waals surface area contributed by atoms with E-state index in [-0.39, 0.29) is 10.9 Å². The number of hydrogen-bond donors (Lipinski definition) is 2. The molecule has 3 N–H and O–H groups in total. The molecule has 7 heteroatoms. The smallest absolute Gasteiger partial charge is 0.238 e. The van der Waals surface area contributed by atoms with Crippen LogP contribution in [0.2, 0.25) is 0 Å². The van der Waals surface area contributed by atoms with Gasteiger partial charge in [0.15, 0.2) is 0 Å². The molecule has 0 aliphatic carbocycles. The maximum absolute atomic E-state index is 11.8. The van der Waals surface area contributed by atoms with E-state index in [2.05, 4.69) is 15.5 Å². The Morgan fingerprint density at radius 1 is 1.56 bits per heavy atom. The molecular weight excluding hydrogens is 244 g/mol. The maximum atomic E-state index is 11.8. The third kappa shape index (κ3) is 2.73. The number of hydrogen-bond acceptors (Lipinski definition) is 5. The van der Waals surface area contributed by atoms with Gasteiger partial charge in [-0.05, 0) is 20.3 Å². The fraction of sp³-hybridized carbons (Fsp3) is 0.556. The van der Waals surface area contributed by atoms with Gasteiger partial charge in [0.2, 0.25) is 11.0 Å². The van der Waals surface area contributed by atoms with Gasteiger partial charge in [-0.1, -0.05) is 30.5 Å². The van der Waals surface area contributed by atoms with Crippen molar-refractivity contribution in [3.05, 3.63) is 5.01 Å². The van der Waals surface area contributed by atoms with Gasteiger partial charge >= 0.3 is 0 Å². The van der Waals surface area contributed by atoms with Crippen molar-refractivity contribution >= 4 is 39.6 Å². The summed E-state index contributed by atoms with van der Waals surface area (Å²) < 4.78 is 0. The Morgan fingerprint density at radius 3 is 2.62 bits per heavy atom. The van der Waals surface area contributed by atoms with Crippen LogP contribution in [0, 0.1) is 5.41 Å². The maximum Gasteiger partial charge on any atom is 0.238 e. The van der Waals surface area contributed by atoms with Crippen molar-refractivity contribution in [3.8, 4) is 0 Å². The van der Waals surface area contributed by atoms with Crippen molar-refractivity contribution in [1.29, 1.82) is 0 Å². The van der Waals surface area contributed by atoms with Crippen LogP contribution in [-0.2, 0) is 11.2 Å². The number of thiocarbonyl (C=S) groups is 1. The highest BCUT2D eigenvalue weighted by Gasteiger charge is 2.31. The zero-order chi connectivity index (χ0) is 12.3. The summed E-state index contributed by atoms with van der Waals surface area (Å²) in [5, 5.41) is 11.8. The standard InChI is InChI=1S/C9H14N4OS2/c1-4-5-12-13-8(16-5)11-7(14)9(2,3)6(10)15/h4H2,1-3H3,(H2,10,15)(H,11,13,14). The van der Waals surface area contributed by atoms with Crippen LogP contribution in [0.1, 0.15) is 25.8 Å². The SMILES string of the molecule is CCc1nnc(NC(=O)C(C)(C)C(N)=S)s1. The minimum Gasteiger partial charge on any atom is -0.392 e. The van der Waals surface area contributed by atoms with Gasteiger partial charge in [-0.2, -0.15) is 0 Å². The first-order valence-electron chi connectivity index (χ1n) is 4.81. The second-order valence-electron chi connectivity index (χ2n) is 3.80. The minimum atomic E-state index is -0.882. The Kier molecular flexibility index (Phi) is 3.93. The van der Waals surface area contributed by atoms with Crippen LogP contribution in [0.3, 0.4) is 0 Å². The normalized spacial score (nSPS) is 11.2. The molecule has 0 atom stereocenters.